The number of aromatic nitrogens is 2. The van der Waals surface area contributed by atoms with Crippen molar-refractivity contribution in [3.05, 3.63) is 29.8 Å². The maximum atomic E-state index is 11.7. The van der Waals surface area contributed by atoms with Crippen molar-refractivity contribution in [3.8, 4) is 11.5 Å². The lowest BCUT2D eigenvalue weighted by molar-refractivity contribution is -0.119. The summed E-state index contributed by atoms with van der Waals surface area (Å²) in [5.74, 6) is -0.103. The highest BCUT2D eigenvalue weighted by Crippen LogP contribution is 2.27. The summed E-state index contributed by atoms with van der Waals surface area (Å²) in [6.07, 6.45) is -0.802. The number of nitrogens with zero attached hydrogens (tertiary/aromatic N) is 2. The van der Waals surface area contributed by atoms with Crippen molar-refractivity contribution in [1.82, 2.24) is 15.5 Å². The molecule has 2 rings (SSSR count). The Morgan fingerprint density at radius 2 is 2.05 bits per heavy atom. The third-order valence-corrected chi connectivity index (χ3v) is 3.77. The van der Waals surface area contributed by atoms with E-state index in [1.165, 1.54) is 7.11 Å². The molecular weight excluding hydrogens is 306 g/mol. The van der Waals surface area contributed by atoms with Crippen LogP contribution >= 0.6 is 11.8 Å². The smallest absolute Gasteiger partial charge is 0.413 e. The molecule has 0 fully saturated rings. The first kappa shape index (κ1) is 16.0. The van der Waals surface area contributed by atoms with Crippen LogP contribution < -0.4 is 5.32 Å². The fourth-order valence-electron chi connectivity index (χ4n) is 1.64. The fraction of sp³-hybridized carbons (Fsp3) is 0.286. The van der Waals surface area contributed by atoms with E-state index in [2.05, 4.69) is 20.3 Å². The molecule has 1 aromatic heterocycles. The molecule has 0 aliphatic rings. The number of ether oxygens (including phenoxy) is 1. The molecule has 1 atom stereocenters. The van der Waals surface area contributed by atoms with Crippen molar-refractivity contribution < 1.29 is 18.7 Å². The molecule has 7 nitrogen and oxygen atoms in total. The zero-order chi connectivity index (χ0) is 16.1. The highest BCUT2D eigenvalue weighted by atomic mass is 32.2. The summed E-state index contributed by atoms with van der Waals surface area (Å²) in [7, 11) is 1.19. The van der Waals surface area contributed by atoms with Gasteiger partial charge in [0.25, 0.3) is 5.22 Å². The second kappa shape index (κ2) is 7.08. The first-order valence-corrected chi connectivity index (χ1v) is 7.34. The van der Waals surface area contributed by atoms with Gasteiger partial charge in [-0.25, -0.2) is 4.79 Å². The minimum absolute atomic E-state index is 0.255. The number of rotatable bonds is 4. The molecule has 2 amide bonds. The first-order chi connectivity index (χ1) is 10.5. The normalized spacial score (nSPS) is 11.8. The SMILES string of the molecule is COC(=O)NC(=O)[C@@H](C)Sc1nnc(-c2ccccc2C)o1. The van der Waals surface area contributed by atoms with Gasteiger partial charge in [0.1, 0.15) is 0 Å². The van der Waals surface area contributed by atoms with Crippen molar-refractivity contribution in [2.45, 2.75) is 24.3 Å². The molecule has 0 bridgehead atoms. The molecular formula is C14H15N3O4S. The van der Waals surface area contributed by atoms with Gasteiger partial charge in [-0.05, 0) is 25.5 Å². The van der Waals surface area contributed by atoms with E-state index in [1.54, 1.807) is 6.92 Å². The standard InChI is InChI=1S/C14H15N3O4S/c1-8-6-4-5-7-10(8)12-16-17-14(21-12)22-9(2)11(18)15-13(19)20-3/h4-7,9H,1-3H3,(H,15,18,19)/t9-/m1/s1. The zero-order valence-corrected chi connectivity index (χ0v) is 13.1. The molecule has 0 unspecified atom stereocenters. The van der Waals surface area contributed by atoms with Gasteiger partial charge in [0.15, 0.2) is 0 Å². The molecule has 1 heterocycles. The summed E-state index contributed by atoms with van der Waals surface area (Å²) in [4.78, 5) is 22.7. The molecule has 8 heteroatoms. The molecule has 0 aliphatic carbocycles. The summed E-state index contributed by atoms with van der Waals surface area (Å²) in [6, 6.07) is 7.62. The molecule has 0 radical (unpaired) electrons. The van der Waals surface area contributed by atoms with Crippen LogP contribution in [0.4, 0.5) is 4.79 Å². The fourth-order valence-corrected chi connectivity index (χ4v) is 2.32. The summed E-state index contributed by atoms with van der Waals surface area (Å²) >= 11 is 1.07. The predicted molar refractivity (Wildman–Crippen MR) is 80.3 cm³/mol. The number of carbonyl (C=O) groups is 2. The zero-order valence-electron chi connectivity index (χ0n) is 12.3. The third kappa shape index (κ3) is 3.85. The van der Waals surface area contributed by atoms with Crippen LogP contribution in [0.25, 0.3) is 11.5 Å². The lowest BCUT2D eigenvalue weighted by Crippen LogP contribution is -2.35. The van der Waals surface area contributed by atoms with Gasteiger partial charge in [-0.15, -0.1) is 10.2 Å². The minimum Gasteiger partial charge on any atom is -0.453 e. The number of hydrogen-bond acceptors (Lipinski definition) is 7. The quantitative estimate of drug-likeness (QED) is 0.864. The van der Waals surface area contributed by atoms with Crippen LogP contribution in [0.3, 0.4) is 0 Å². The Labute approximate surface area is 131 Å². The Morgan fingerprint density at radius 1 is 1.32 bits per heavy atom. The maximum absolute atomic E-state index is 11.7. The number of amides is 2. The number of carbonyl (C=O) groups excluding carboxylic acids is 2. The first-order valence-electron chi connectivity index (χ1n) is 6.46. The highest BCUT2D eigenvalue weighted by Gasteiger charge is 2.20. The average molecular weight is 321 g/mol. The number of nitrogens with one attached hydrogen (secondary N) is 1. The van der Waals surface area contributed by atoms with Crippen molar-refractivity contribution in [2.75, 3.05) is 7.11 Å². The maximum Gasteiger partial charge on any atom is 0.413 e. The topological polar surface area (TPSA) is 94.3 Å². The van der Waals surface area contributed by atoms with Crippen LogP contribution in [0.5, 0.6) is 0 Å². The number of alkyl carbamates (subject to hydrolysis) is 1. The molecule has 1 N–H and O–H groups in total. The Bertz CT molecular complexity index is 686. The number of hydrogen-bond donors (Lipinski definition) is 1. The molecule has 22 heavy (non-hydrogen) atoms. The van der Waals surface area contributed by atoms with Crippen molar-refractivity contribution in [2.24, 2.45) is 0 Å². The van der Waals surface area contributed by atoms with Crippen molar-refractivity contribution in [3.63, 3.8) is 0 Å². The van der Waals surface area contributed by atoms with Crippen LogP contribution in [-0.2, 0) is 9.53 Å². The molecule has 0 spiro atoms. The Hall–Kier alpha value is -2.35. The largest absolute Gasteiger partial charge is 0.453 e. The molecule has 0 saturated heterocycles. The number of aryl methyl sites for hydroxylation is 1. The monoisotopic (exact) mass is 321 g/mol. The van der Waals surface area contributed by atoms with Crippen molar-refractivity contribution >= 4 is 23.8 Å². The van der Waals surface area contributed by atoms with Gasteiger partial charge in [0.05, 0.1) is 12.4 Å². The molecule has 0 saturated carbocycles. The Balaban J connectivity index is 2.05. The summed E-state index contributed by atoms with van der Waals surface area (Å²) in [5, 5.41) is 9.64. The minimum atomic E-state index is -0.802. The van der Waals surface area contributed by atoms with E-state index in [-0.39, 0.29) is 5.22 Å². The number of methoxy groups -OCH3 is 1. The summed E-state index contributed by atoms with van der Waals surface area (Å²) < 4.78 is 9.91. The lowest BCUT2D eigenvalue weighted by atomic mass is 10.1. The average Bonchev–Trinajstić information content (AvgIpc) is 2.95. The van der Waals surface area contributed by atoms with E-state index in [0.29, 0.717) is 5.89 Å². The Kier molecular flexibility index (Phi) is 5.16. The molecule has 2 aromatic rings. The lowest BCUT2D eigenvalue weighted by Gasteiger charge is -2.07. The predicted octanol–water partition coefficient (Wildman–Crippen LogP) is 2.41. The van der Waals surface area contributed by atoms with Gasteiger partial charge in [0.2, 0.25) is 11.8 Å². The molecule has 0 aliphatic heterocycles. The summed E-state index contributed by atoms with van der Waals surface area (Å²) in [5.41, 5.74) is 1.85. The number of thioether (sulfide) groups is 1. The van der Waals surface area contributed by atoms with E-state index >= 15 is 0 Å². The van der Waals surface area contributed by atoms with Gasteiger partial charge < -0.3 is 9.15 Å². The molecule has 116 valence electrons. The highest BCUT2D eigenvalue weighted by molar-refractivity contribution is 8.00. The Morgan fingerprint density at radius 3 is 2.73 bits per heavy atom. The van der Waals surface area contributed by atoms with E-state index in [4.69, 9.17) is 4.42 Å². The van der Waals surface area contributed by atoms with E-state index in [1.807, 2.05) is 31.2 Å². The van der Waals surface area contributed by atoms with Gasteiger partial charge in [-0.1, -0.05) is 30.0 Å². The van der Waals surface area contributed by atoms with Crippen molar-refractivity contribution in [1.29, 1.82) is 0 Å². The van der Waals surface area contributed by atoms with Crippen LogP contribution in [0, 0.1) is 6.92 Å². The van der Waals surface area contributed by atoms with E-state index in [9.17, 15) is 9.59 Å². The van der Waals surface area contributed by atoms with Crippen LogP contribution in [0.15, 0.2) is 33.9 Å². The van der Waals surface area contributed by atoms with Crippen LogP contribution in [0.2, 0.25) is 0 Å². The van der Waals surface area contributed by atoms with Gasteiger partial charge in [-0.2, -0.15) is 0 Å². The second-order valence-electron chi connectivity index (χ2n) is 4.43. The van der Waals surface area contributed by atoms with Crippen LogP contribution in [0.1, 0.15) is 12.5 Å². The third-order valence-electron chi connectivity index (χ3n) is 2.84. The van der Waals surface area contributed by atoms with E-state index < -0.39 is 17.3 Å². The summed E-state index contributed by atoms with van der Waals surface area (Å²) in [6.45, 7) is 3.57. The van der Waals surface area contributed by atoms with Gasteiger partial charge in [-0.3, -0.25) is 10.1 Å². The van der Waals surface area contributed by atoms with E-state index in [0.717, 1.165) is 22.9 Å². The van der Waals surface area contributed by atoms with Gasteiger partial charge >= 0.3 is 6.09 Å². The van der Waals surface area contributed by atoms with Crippen LogP contribution in [-0.4, -0.2) is 34.6 Å². The van der Waals surface area contributed by atoms with Gasteiger partial charge in [0, 0.05) is 5.56 Å². The number of benzene rings is 1. The molecule has 1 aromatic carbocycles. The number of imide groups is 1. The second-order valence-corrected chi connectivity index (χ2v) is 5.72.